The van der Waals surface area contributed by atoms with Crippen molar-refractivity contribution in [1.82, 2.24) is 20.3 Å². The summed E-state index contributed by atoms with van der Waals surface area (Å²) in [7, 11) is 0. The molecule has 25 heavy (non-hydrogen) atoms. The Kier molecular flexibility index (Phi) is 6.09. The third-order valence-electron chi connectivity index (χ3n) is 5.33. The highest BCUT2D eigenvalue weighted by Gasteiger charge is 2.25. The highest BCUT2D eigenvalue weighted by Crippen LogP contribution is 2.18. The zero-order valence-electron chi connectivity index (χ0n) is 15.3. The quantitative estimate of drug-likeness (QED) is 0.799. The van der Waals surface area contributed by atoms with E-state index in [1.807, 2.05) is 0 Å². The van der Waals surface area contributed by atoms with E-state index in [1.165, 1.54) is 0 Å². The van der Waals surface area contributed by atoms with Gasteiger partial charge in [0.1, 0.15) is 0 Å². The van der Waals surface area contributed by atoms with Crippen LogP contribution in [0.3, 0.4) is 0 Å². The van der Waals surface area contributed by atoms with E-state index in [4.69, 9.17) is 4.52 Å². The summed E-state index contributed by atoms with van der Waals surface area (Å²) < 4.78 is 5.31. The van der Waals surface area contributed by atoms with Crippen molar-refractivity contribution in [2.24, 2.45) is 5.92 Å². The van der Waals surface area contributed by atoms with Crippen LogP contribution in [-0.4, -0.2) is 70.8 Å². The molecule has 1 amide bonds. The molecule has 0 bridgehead atoms. The molecule has 7 heteroatoms. The molecule has 140 valence electrons. The first-order valence-corrected chi connectivity index (χ1v) is 9.39. The van der Waals surface area contributed by atoms with E-state index >= 15 is 0 Å². The molecule has 3 rings (SSSR count). The van der Waals surface area contributed by atoms with Crippen molar-refractivity contribution < 1.29 is 14.4 Å². The maximum absolute atomic E-state index is 12.3. The highest BCUT2D eigenvalue weighted by molar-refractivity contribution is 5.92. The summed E-state index contributed by atoms with van der Waals surface area (Å²) in [4.78, 5) is 16.9. The van der Waals surface area contributed by atoms with Gasteiger partial charge in [-0.2, -0.15) is 0 Å². The number of aliphatic hydroxyl groups excluding tert-OH is 1. The SMILES string of the molecule is CC(C)N1CCC(CNC(=O)c2cc(CN3CCC(O)CC3)on2)C1. The van der Waals surface area contributed by atoms with Crippen LogP contribution in [0.15, 0.2) is 10.6 Å². The number of nitrogens with one attached hydrogen (secondary N) is 1. The third kappa shape index (κ3) is 5.03. The first-order valence-electron chi connectivity index (χ1n) is 9.39. The zero-order valence-corrected chi connectivity index (χ0v) is 15.3. The van der Waals surface area contributed by atoms with Crippen molar-refractivity contribution in [3.63, 3.8) is 0 Å². The lowest BCUT2D eigenvalue weighted by molar-refractivity contribution is 0.0748. The largest absolute Gasteiger partial charge is 0.393 e. The first-order chi connectivity index (χ1) is 12.0. The Balaban J connectivity index is 1.43. The number of piperidine rings is 1. The second kappa shape index (κ2) is 8.29. The van der Waals surface area contributed by atoms with Gasteiger partial charge < -0.3 is 19.8 Å². The number of nitrogens with zero attached hydrogens (tertiary/aromatic N) is 3. The molecule has 0 radical (unpaired) electrons. The van der Waals surface area contributed by atoms with Crippen molar-refractivity contribution >= 4 is 5.91 Å². The van der Waals surface area contributed by atoms with Crippen LogP contribution in [-0.2, 0) is 6.54 Å². The van der Waals surface area contributed by atoms with Crippen molar-refractivity contribution in [3.8, 4) is 0 Å². The van der Waals surface area contributed by atoms with Gasteiger partial charge in [-0.25, -0.2) is 0 Å². The molecular weight excluding hydrogens is 320 g/mol. The zero-order chi connectivity index (χ0) is 17.8. The number of likely N-dealkylation sites (tertiary alicyclic amines) is 2. The van der Waals surface area contributed by atoms with Gasteiger partial charge in [0, 0.05) is 38.3 Å². The summed E-state index contributed by atoms with van der Waals surface area (Å²) in [6.45, 7) is 9.59. The number of rotatable bonds is 6. The number of hydrogen-bond acceptors (Lipinski definition) is 6. The van der Waals surface area contributed by atoms with Crippen molar-refractivity contribution in [3.05, 3.63) is 17.5 Å². The van der Waals surface area contributed by atoms with Crippen LogP contribution < -0.4 is 5.32 Å². The standard InChI is InChI=1S/C18H30N4O3/c1-13(2)22-8-3-14(11-22)10-19-18(24)17-9-16(25-20-17)12-21-6-4-15(23)5-7-21/h9,13-15,23H,3-8,10-12H2,1-2H3,(H,19,24). The summed E-state index contributed by atoms with van der Waals surface area (Å²) in [6.07, 6.45) is 2.52. The van der Waals surface area contributed by atoms with Crippen LogP contribution in [0, 0.1) is 5.92 Å². The minimum absolute atomic E-state index is 0.160. The van der Waals surface area contributed by atoms with Gasteiger partial charge in [0.25, 0.3) is 5.91 Å². The summed E-state index contributed by atoms with van der Waals surface area (Å²) in [5, 5.41) is 16.4. The van der Waals surface area contributed by atoms with Crippen LogP contribution in [0.1, 0.15) is 49.4 Å². The molecule has 0 aromatic carbocycles. The van der Waals surface area contributed by atoms with Gasteiger partial charge in [-0.1, -0.05) is 5.16 Å². The second-order valence-corrected chi connectivity index (χ2v) is 7.64. The maximum Gasteiger partial charge on any atom is 0.273 e. The van der Waals surface area contributed by atoms with Crippen LogP contribution in [0.2, 0.25) is 0 Å². The van der Waals surface area contributed by atoms with E-state index in [9.17, 15) is 9.90 Å². The van der Waals surface area contributed by atoms with E-state index in [2.05, 4.69) is 34.1 Å². The molecule has 2 N–H and O–H groups in total. The summed E-state index contributed by atoms with van der Waals surface area (Å²) in [6, 6.07) is 2.30. The predicted octanol–water partition coefficient (Wildman–Crippen LogP) is 1.09. The maximum atomic E-state index is 12.3. The Hall–Kier alpha value is -1.44. The first kappa shape index (κ1) is 18.4. The highest BCUT2D eigenvalue weighted by atomic mass is 16.5. The van der Waals surface area contributed by atoms with Crippen molar-refractivity contribution in [2.75, 3.05) is 32.7 Å². The van der Waals surface area contributed by atoms with Crippen LogP contribution >= 0.6 is 0 Å². The van der Waals surface area contributed by atoms with Crippen molar-refractivity contribution in [1.29, 1.82) is 0 Å². The fraction of sp³-hybridized carbons (Fsp3) is 0.778. The number of hydrogen-bond donors (Lipinski definition) is 2. The molecule has 0 aliphatic carbocycles. The predicted molar refractivity (Wildman–Crippen MR) is 94.2 cm³/mol. The molecular formula is C18H30N4O3. The van der Waals surface area contributed by atoms with Crippen LogP contribution in [0.5, 0.6) is 0 Å². The summed E-state index contributed by atoms with van der Waals surface area (Å²) in [5.74, 6) is 1.05. The minimum Gasteiger partial charge on any atom is -0.393 e. The van der Waals surface area contributed by atoms with Gasteiger partial charge in [0.15, 0.2) is 11.5 Å². The molecule has 3 heterocycles. The minimum atomic E-state index is -0.186. The van der Waals surface area contributed by atoms with E-state index < -0.39 is 0 Å². The smallest absolute Gasteiger partial charge is 0.273 e. The van der Waals surface area contributed by atoms with Gasteiger partial charge in [-0.3, -0.25) is 9.69 Å². The van der Waals surface area contributed by atoms with Gasteiger partial charge in [-0.05, 0) is 45.6 Å². The van der Waals surface area contributed by atoms with Crippen LogP contribution in [0.25, 0.3) is 0 Å². The lowest BCUT2D eigenvalue weighted by atomic mass is 10.1. The lowest BCUT2D eigenvalue weighted by Crippen LogP contribution is -2.35. The Labute approximate surface area is 149 Å². The van der Waals surface area contributed by atoms with E-state index in [-0.39, 0.29) is 12.0 Å². The average Bonchev–Trinajstić information content (AvgIpc) is 3.24. The molecule has 2 fully saturated rings. The molecule has 2 aliphatic rings. The molecule has 0 saturated carbocycles. The van der Waals surface area contributed by atoms with Crippen molar-refractivity contribution in [2.45, 2.75) is 51.8 Å². The molecule has 7 nitrogen and oxygen atoms in total. The fourth-order valence-electron chi connectivity index (χ4n) is 3.62. The molecule has 1 aromatic rings. The molecule has 1 atom stereocenters. The van der Waals surface area contributed by atoms with E-state index in [0.717, 1.165) is 45.4 Å². The van der Waals surface area contributed by atoms with Gasteiger partial charge in [0.2, 0.25) is 0 Å². The second-order valence-electron chi connectivity index (χ2n) is 7.64. The lowest BCUT2D eigenvalue weighted by Gasteiger charge is -2.28. The van der Waals surface area contributed by atoms with E-state index in [0.29, 0.717) is 36.5 Å². The van der Waals surface area contributed by atoms with Gasteiger partial charge in [-0.15, -0.1) is 0 Å². The Bertz CT molecular complexity index is 566. The summed E-state index contributed by atoms with van der Waals surface area (Å²) in [5.41, 5.74) is 0.353. The van der Waals surface area contributed by atoms with Gasteiger partial charge >= 0.3 is 0 Å². The number of carbonyl (C=O) groups excluding carboxylic acids is 1. The fourth-order valence-corrected chi connectivity index (χ4v) is 3.62. The number of aliphatic hydroxyl groups is 1. The molecule has 2 aliphatic heterocycles. The number of amides is 1. The Morgan fingerprint density at radius 3 is 2.80 bits per heavy atom. The molecule has 0 spiro atoms. The molecule has 1 unspecified atom stereocenters. The van der Waals surface area contributed by atoms with Crippen LogP contribution in [0.4, 0.5) is 0 Å². The molecule has 1 aromatic heterocycles. The van der Waals surface area contributed by atoms with Gasteiger partial charge in [0.05, 0.1) is 12.6 Å². The average molecular weight is 350 g/mol. The molecule has 2 saturated heterocycles. The normalized spacial score (nSPS) is 23.4. The topological polar surface area (TPSA) is 81.8 Å². The summed E-state index contributed by atoms with van der Waals surface area (Å²) >= 11 is 0. The Morgan fingerprint density at radius 1 is 1.36 bits per heavy atom. The number of aromatic nitrogens is 1. The third-order valence-corrected chi connectivity index (χ3v) is 5.33. The monoisotopic (exact) mass is 350 g/mol. The number of carbonyl (C=O) groups is 1. The van der Waals surface area contributed by atoms with E-state index in [1.54, 1.807) is 6.07 Å². The Morgan fingerprint density at radius 2 is 2.12 bits per heavy atom.